The molecule has 1 N–H and O–H groups in total. The zero-order valence-electron chi connectivity index (χ0n) is 11.4. The molecule has 0 aromatic heterocycles. The summed E-state index contributed by atoms with van der Waals surface area (Å²) in [5, 5.41) is 9.69. The molecule has 0 bridgehead atoms. The Kier molecular flexibility index (Phi) is 5.52. The lowest BCUT2D eigenvalue weighted by Crippen LogP contribution is -1.96. The molecule has 0 heterocycles. The average Bonchev–Trinajstić information content (AvgIpc) is 2.40. The largest absolute Gasteiger partial charge is 0.508 e. The van der Waals surface area contributed by atoms with Crippen molar-refractivity contribution in [3.05, 3.63) is 53.6 Å². The standard InChI is InChI=1S/C16H17Cl2OSi/c1-12-4-6-13(7-5-12)16-9-8-15(19)11-14(16)3-2-10-20(17)18/h4-9,11,19H,2-3,10H2,1H3. The van der Waals surface area contributed by atoms with E-state index in [1.54, 1.807) is 6.07 Å². The minimum atomic E-state index is -1.21. The van der Waals surface area contributed by atoms with Gasteiger partial charge in [-0.2, -0.15) is 0 Å². The first-order chi connectivity index (χ1) is 9.56. The molecule has 2 rings (SSSR count). The number of halogens is 2. The summed E-state index contributed by atoms with van der Waals surface area (Å²) in [6.07, 6.45) is 1.83. The van der Waals surface area contributed by atoms with Crippen molar-refractivity contribution in [1.29, 1.82) is 0 Å². The van der Waals surface area contributed by atoms with Crippen molar-refractivity contribution in [3.8, 4) is 16.9 Å². The highest BCUT2D eigenvalue weighted by molar-refractivity contribution is 7.33. The highest BCUT2D eigenvalue weighted by atomic mass is 35.7. The van der Waals surface area contributed by atoms with Gasteiger partial charge in [-0.3, -0.25) is 0 Å². The fourth-order valence-corrected chi connectivity index (χ4v) is 3.46. The van der Waals surface area contributed by atoms with Gasteiger partial charge in [0.2, 0.25) is 0 Å². The number of aryl methyl sites for hydroxylation is 2. The Morgan fingerprint density at radius 3 is 2.40 bits per heavy atom. The van der Waals surface area contributed by atoms with E-state index in [2.05, 4.69) is 31.2 Å². The van der Waals surface area contributed by atoms with E-state index in [0.717, 1.165) is 24.4 Å². The van der Waals surface area contributed by atoms with E-state index in [0.29, 0.717) is 5.75 Å². The first-order valence-electron chi connectivity index (χ1n) is 6.62. The molecule has 0 saturated carbocycles. The van der Waals surface area contributed by atoms with Gasteiger partial charge in [-0.05, 0) is 54.6 Å². The maximum atomic E-state index is 9.69. The molecular formula is C16H17Cl2OSi. The maximum Gasteiger partial charge on any atom is 0.273 e. The number of benzene rings is 2. The summed E-state index contributed by atoms with van der Waals surface area (Å²) >= 11 is 11.7. The van der Waals surface area contributed by atoms with Gasteiger partial charge in [0.25, 0.3) is 7.42 Å². The number of phenolic OH excluding ortho intramolecular Hbond substituents is 1. The molecule has 2 aromatic rings. The van der Waals surface area contributed by atoms with Crippen molar-refractivity contribution in [2.75, 3.05) is 0 Å². The topological polar surface area (TPSA) is 20.2 Å². The fraction of sp³-hybridized carbons (Fsp3) is 0.250. The van der Waals surface area contributed by atoms with E-state index in [4.69, 9.17) is 22.2 Å². The van der Waals surface area contributed by atoms with Crippen LogP contribution in [0.1, 0.15) is 17.5 Å². The van der Waals surface area contributed by atoms with Gasteiger partial charge in [-0.25, -0.2) is 0 Å². The molecule has 105 valence electrons. The van der Waals surface area contributed by atoms with Crippen molar-refractivity contribution in [3.63, 3.8) is 0 Å². The third kappa shape index (κ3) is 4.27. The predicted molar refractivity (Wildman–Crippen MR) is 88.9 cm³/mol. The fourth-order valence-electron chi connectivity index (χ4n) is 2.21. The van der Waals surface area contributed by atoms with Crippen LogP contribution in [0.5, 0.6) is 5.75 Å². The van der Waals surface area contributed by atoms with Crippen molar-refractivity contribution in [2.24, 2.45) is 0 Å². The lowest BCUT2D eigenvalue weighted by molar-refractivity contribution is 0.474. The monoisotopic (exact) mass is 323 g/mol. The Morgan fingerprint density at radius 2 is 1.75 bits per heavy atom. The summed E-state index contributed by atoms with van der Waals surface area (Å²) in [5.41, 5.74) is 4.73. The molecule has 0 fully saturated rings. The van der Waals surface area contributed by atoms with E-state index in [9.17, 15) is 5.11 Å². The van der Waals surface area contributed by atoms with Gasteiger partial charge in [0, 0.05) is 0 Å². The molecule has 1 radical (unpaired) electrons. The number of hydrogen-bond donors (Lipinski definition) is 1. The van der Waals surface area contributed by atoms with Crippen molar-refractivity contribution < 1.29 is 5.11 Å². The summed E-state index contributed by atoms with van der Waals surface area (Å²) < 4.78 is 0. The van der Waals surface area contributed by atoms with Gasteiger partial charge < -0.3 is 5.11 Å². The third-order valence-electron chi connectivity index (χ3n) is 3.26. The predicted octanol–water partition coefficient (Wildman–Crippen LogP) is 5.27. The number of hydrogen-bond acceptors (Lipinski definition) is 1. The quantitative estimate of drug-likeness (QED) is 0.587. The van der Waals surface area contributed by atoms with Crippen molar-refractivity contribution in [2.45, 2.75) is 25.8 Å². The Morgan fingerprint density at radius 1 is 1.05 bits per heavy atom. The first-order valence-corrected chi connectivity index (χ1v) is 10.3. The molecular weight excluding hydrogens is 307 g/mol. The second-order valence-electron chi connectivity index (χ2n) is 4.90. The van der Waals surface area contributed by atoms with Crippen molar-refractivity contribution >= 4 is 29.6 Å². The molecule has 0 atom stereocenters. The van der Waals surface area contributed by atoms with E-state index >= 15 is 0 Å². The zero-order valence-corrected chi connectivity index (χ0v) is 13.9. The number of aromatic hydroxyl groups is 1. The van der Waals surface area contributed by atoms with Gasteiger partial charge in [-0.1, -0.05) is 35.9 Å². The molecule has 0 amide bonds. The van der Waals surface area contributed by atoms with Crippen LogP contribution in [0, 0.1) is 6.92 Å². The molecule has 0 saturated heterocycles. The van der Waals surface area contributed by atoms with Crippen LogP contribution in [0.15, 0.2) is 42.5 Å². The van der Waals surface area contributed by atoms with Crippen LogP contribution >= 0.6 is 22.2 Å². The highest BCUT2D eigenvalue weighted by Gasteiger charge is 2.08. The Bertz CT molecular complexity index is 567. The number of phenols is 1. The average molecular weight is 324 g/mol. The lowest BCUT2D eigenvalue weighted by atomic mass is 9.96. The molecule has 1 nitrogen and oxygen atoms in total. The third-order valence-corrected chi connectivity index (χ3v) is 5.13. The molecule has 0 unspecified atom stereocenters. The Labute approximate surface area is 131 Å². The number of rotatable bonds is 5. The smallest absolute Gasteiger partial charge is 0.273 e. The van der Waals surface area contributed by atoms with Crippen LogP contribution in [0.3, 0.4) is 0 Å². The molecule has 4 heteroatoms. The van der Waals surface area contributed by atoms with Crippen LogP contribution < -0.4 is 0 Å². The van der Waals surface area contributed by atoms with Gasteiger partial charge in [0.15, 0.2) is 0 Å². The van der Waals surface area contributed by atoms with Gasteiger partial charge in [-0.15, -0.1) is 22.2 Å². The molecule has 0 aliphatic heterocycles. The summed E-state index contributed by atoms with van der Waals surface area (Å²) in [7, 11) is -1.21. The minimum absolute atomic E-state index is 0.304. The Hall–Kier alpha value is -0.963. The van der Waals surface area contributed by atoms with Crippen molar-refractivity contribution in [1.82, 2.24) is 0 Å². The van der Waals surface area contributed by atoms with E-state index < -0.39 is 7.42 Å². The first kappa shape index (κ1) is 15.4. The molecule has 20 heavy (non-hydrogen) atoms. The van der Waals surface area contributed by atoms with Crippen LogP contribution in [-0.4, -0.2) is 12.5 Å². The zero-order chi connectivity index (χ0) is 14.5. The minimum Gasteiger partial charge on any atom is -0.508 e. The Balaban J connectivity index is 2.25. The van der Waals surface area contributed by atoms with Gasteiger partial charge in [0.1, 0.15) is 5.75 Å². The van der Waals surface area contributed by atoms with Crippen LogP contribution in [0.25, 0.3) is 11.1 Å². The second kappa shape index (κ2) is 7.16. The van der Waals surface area contributed by atoms with Crippen LogP contribution in [0.4, 0.5) is 0 Å². The molecule has 2 aromatic carbocycles. The van der Waals surface area contributed by atoms with E-state index in [1.165, 1.54) is 16.7 Å². The summed E-state index contributed by atoms with van der Waals surface area (Å²) in [5.74, 6) is 0.304. The van der Waals surface area contributed by atoms with Crippen LogP contribution in [-0.2, 0) is 6.42 Å². The molecule has 0 spiro atoms. The maximum absolute atomic E-state index is 9.69. The molecule has 0 aliphatic carbocycles. The van der Waals surface area contributed by atoms with Gasteiger partial charge in [0.05, 0.1) is 0 Å². The lowest BCUT2D eigenvalue weighted by Gasteiger charge is -2.11. The normalized spacial score (nSPS) is 11.0. The highest BCUT2D eigenvalue weighted by Crippen LogP contribution is 2.29. The van der Waals surface area contributed by atoms with Gasteiger partial charge >= 0.3 is 0 Å². The van der Waals surface area contributed by atoms with Crippen LogP contribution in [0.2, 0.25) is 6.04 Å². The summed E-state index contributed by atoms with van der Waals surface area (Å²) in [6.45, 7) is 2.08. The van der Waals surface area contributed by atoms with E-state index in [1.807, 2.05) is 12.1 Å². The van der Waals surface area contributed by atoms with E-state index in [-0.39, 0.29) is 0 Å². The summed E-state index contributed by atoms with van der Waals surface area (Å²) in [6, 6.07) is 14.8. The second-order valence-corrected chi connectivity index (χ2v) is 9.39. The summed E-state index contributed by atoms with van der Waals surface area (Å²) in [4.78, 5) is 0. The SMILES string of the molecule is Cc1ccc(-c2ccc(O)cc2CCC[Si](Cl)Cl)cc1. The molecule has 0 aliphatic rings.